The van der Waals surface area contributed by atoms with Gasteiger partial charge in [-0.15, -0.1) is 0 Å². The van der Waals surface area contributed by atoms with Crippen molar-refractivity contribution in [1.82, 2.24) is 51.4 Å². The molecule has 0 radical (unpaired) electrons. The molecule has 7 atom stereocenters. The third kappa shape index (κ3) is 13.0. The van der Waals surface area contributed by atoms with Crippen LogP contribution in [0.1, 0.15) is 77.3 Å². The molecule has 2 aromatic heterocycles. The molecular formula is C40H56N10O8. The van der Waals surface area contributed by atoms with Crippen molar-refractivity contribution in [3.05, 3.63) is 72.3 Å². The maximum atomic E-state index is 14.3. The van der Waals surface area contributed by atoms with E-state index in [4.69, 9.17) is 0 Å². The van der Waals surface area contributed by atoms with Crippen molar-refractivity contribution >= 4 is 41.4 Å². The molecule has 0 saturated carbocycles. The highest BCUT2D eigenvalue weighted by Gasteiger charge is 2.40. The predicted molar refractivity (Wildman–Crippen MR) is 211 cm³/mol. The maximum Gasteiger partial charge on any atom is 0.326 e. The number of carbonyl (C=O) groups is 7. The molecule has 18 heteroatoms. The number of hydrogen-bond acceptors (Lipinski definition) is 9. The number of H-pyrrole nitrogens is 2. The van der Waals surface area contributed by atoms with Gasteiger partial charge in [0.05, 0.1) is 12.7 Å². The molecule has 314 valence electrons. The number of likely N-dealkylation sites (tertiary alicyclic amines) is 1. The van der Waals surface area contributed by atoms with Crippen LogP contribution in [0.25, 0.3) is 0 Å². The topological polar surface area (TPSA) is 260 Å². The highest BCUT2D eigenvalue weighted by molar-refractivity contribution is 5.97. The van der Waals surface area contributed by atoms with Crippen molar-refractivity contribution in [3.63, 3.8) is 0 Å². The van der Waals surface area contributed by atoms with E-state index in [1.54, 1.807) is 30.3 Å². The van der Waals surface area contributed by atoms with Gasteiger partial charge in [-0.05, 0) is 36.7 Å². The van der Waals surface area contributed by atoms with Crippen LogP contribution in [0, 0.1) is 11.8 Å². The summed E-state index contributed by atoms with van der Waals surface area (Å²) >= 11 is 0. The number of nitrogens with one attached hydrogen (secondary N) is 7. The van der Waals surface area contributed by atoms with Gasteiger partial charge in [0.15, 0.2) is 0 Å². The molecule has 4 rings (SSSR count). The SMILES string of the molecule is CC[C@H](C)[C@H](NC(C)=O)C(=O)N[C@@H](Cc1cnc[nH]1)C(=O)N1CCC[C@H]1C(=O)N[C@@H](Cc1ccccc1)C(=O)N[C@@H](Cc1cnc[nH]1)C(=O)N[C@@H](CC(C)C)C(=O)O. The number of aromatic nitrogens is 4. The fourth-order valence-electron chi connectivity index (χ4n) is 6.89. The standard InChI is InChI=1S/C40H56N10O8/c1-6-24(4)34(45-25(5)51)38(55)48-31(18-28-20-42-22-44-28)39(56)50-14-10-13-33(50)37(54)47-29(16-26-11-8-7-9-12-26)35(52)46-30(17-27-19-41-21-43-27)36(53)49-32(40(57)58)15-23(2)3/h7-9,11-12,19-24,29-34H,6,10,13-18H2,1-5H3,(H,41,43)(H,42,44)(H,45,51)(H,46,52)(H,47,54)(H,48,55)(H,49,53)(H,57,58)/t24-,29-,30-,31-,32-,33-,34-/m0/s1. The number of carboxylic acid groups (broad SMARTS) is 1. The van der Waals surface area contributed by atoms with Crippen LogP contribution in [0.5, 0.6) is 0 Å². The zero-order valence-corrected chi connectivity index (χ0v) is 33.6. The van der Waals surface area contributed by atoms with E-state index in [0.717, 1.165) is 0 Å². The van der Waals surface area contributed by atoms with E-state index >= 15 is 0 Å². The van der Waals surface area contributed by atoms with Crippen LogP contribution in [-0.4, -0.2) is 114 Å². The first kappa shape index (κ1) is 44.6. The van der Waals surface area contributed by atoms with Gasteiger partial charge in [-0.25, -0.2) is 14.8 Å². The summed E-state index contributed by atoms with van der Waals surface area (Å²) in [6.45, 7) is 8.88. The molecule has 1 aliphatic heterocycles. The summed E-state index contributed by atoms with van der Waals surface area (Å²) in [5, 5.41) is 23.4. The molecule has 8 N–H and O–H groups in total. The van der Waals surface area contributed by atoms with E-state index in [9.17, 15) is 38.7 Å². The minimum Gasteiger partial charge on any atom is -0.480 e. The van der Waals surface area contributed by atoms with Crippen molar-refractivity contribution in [2.75, 3.05) is 6.54 Å². The molecule has 0 aliphatic carbocycles. The van der Waals surface area contributed by atoms with Gasteiger partial charge in [0.1, 0.15) is 36.3 Å². The van der Waals surface area contributed by atoms with E-state index in [2.05, 4.69) is 46.5 Å². The molecule has 1 aromatic carbocycles. The minimum atomic E-state index is -1.25. The third-order valence-electron chi connectivity index (χ3n) is 10.1. The van der Waals surface area contributed by atoms with Crippen molar-refractivity contribution in [3.8, 4) is 0 Å². The number of carbonyl (C=O) groups excluding carboxylic acids is 6. The lowest BCUT2D eigenvalue weighted by Gasteiger charge is -2.31. The van der Waals surface area contributed by atoms with Crippen molar-refractivity contribution in [2.24, 2.45) is 11.8 Å². The molecular weight excluding hydrogens is 749 g/mol. The summed E-state index contributed by atoms with van der Waals surface area (Å²) in [6.07, 6.45) is 7.37. The second kappa shape index (κ2) is 21.5. The molecule has 3 aromatic rings. The minimum absolute atomic E-state index is 0.0290. The van der Waals surface area contributed by atoms with E-state index in [0.29, 0.717) is 29.8 Å². The van der Waals surface area contributed by atoms with Gasteiger partial charge in [0.2, 0.25) is 35.4 Å². The van der Waals surface area contributed by atoms with Gasteiger partial charge in [-0.1, -0.05) is 64.4 Å². The molecule has 1 fully saturated rings. The zero-order chi connectivity index (χ0) is 42.4. The number of hydrogen-bond donors (Lipinski definition) is 8. The smallest absolute Gasteiger partial charge is 0.326 e. The zero-order valence-electron chi connectivity index (χ0n) is 33.6. The quantitative estimate of drug-likeness (QED) is 0.0750. The van der Waals surface area contributed by atoms with Crippen molar-refractivity contribution in [1.29, 1.82) is 0 Å². The summed E-state index contributed by atoms with van der Waals surface area (Å²) in [5.74, 6) is -5.02. The first-order chi connectivity index (χ1) is 27.7. The number of rotatable bonds is 21. The van der Waals surface area contributed by atoms with Gasteiger partial charge in [-0.2, -0.15) is 0 Å². The second-order valence-corrected chi connectivity index (χ2v) is 15.2. The summed E-state index contributed by atoms with van der Waals surface area (Å²) in [7, 11) is 0. The second-order valence-electron chi connectivity index (χ2n) is 15.2. The van der Waals surface area contributed by atoms with Gasteiger partial charge < -0.3 is 46.6 Å². The number of aliphatic carboxylic acids is 1. The average Bonchev–Trinajstić information content (AvgIpc) is 4.00. The number of carboxylic acids is 1. The molecule has 3 heterocycles. The van der Waals surface area contributed by atoms with Crippen molar-refractivity contribution < 1.29 is 38.7 Å². The van der Waals surface area contributed by atoms with Crippen molar-refractivity contribution in [2.45, 2.75) is 116 Å². The maximum absolute atomic E-state index is 14.3. The van der Waals surface area contributed by atoms with Crippen LogP contribution in [0.15, 0.2) is 55.4 Å². The third-order valence-corrected chi connectivity index (χ3v) is 10.1. The Balaban J connectivity index is 1.58. The molecule has 0 spiro atoms. The fraction of sp³-hybridized carbons (Fsp3) is 0.525. The monoisotopic (exact) mass is 804 g/mol. The van der Waals surface area contributed by atoms with E-state index < -0.39 is 77.7 Å². The summed E-state index contributed by atoms with van der Waals surface area (Å²) in [6, 6.07) is 2.24. The molecule has 0 unspecified atom stereocenters. The van der Waals surface area contributed by atoms with Crippen LogP contribution in [0.2, 0.25) is 0 Å². The lowest BCUT2D eigenvalue weighted by Crippen LogP contribution is -2.60. The predicted octanol–water partition coefficient (Wildman–Crippen LogP) is 0.772. The van der Waals surface area contributed by atoms with E-state index in [1.807, 2.05) is 27.7 Å². The first-order valence-electron chi connectivity index (χ1n) is 19.7. The number of nitrogens with zero attached hydrogens (tertiary/aromatic N) is 3. The normalized spacial score (nSPS) is 16.9. The van der Waals surface area contributed by atoms with Crippen LogP contribution in [-0.2, 0) is 52.8 Å². The van der Waals surface area contributed by atoms with Crippen LogP contribution < -0.4 is 26.6 Å². The lowest BCUT2D eigenvalue weighted by molar-refractivity contribution is -0.143. The Labute approximate surface area is 337 Å². The molecule has 6 amide bonds. The van der Waals surface area contributed by atoms with Crippen LogP contribution in [0.3, 0.4) is 0 Å². The van der Waals surface area contributed by atoms with Gasteiger partial charge in [0, 0.05) is 56.5 Å². The van der Waals surface area contributed by atoms with E-state index in [-0.39, 0.29) is 50.5 Å². The largest absolute Gasteiger partial charge is 0.480 e. The molecule has 1 aliphatic rings. The van der Waals surface area contributed by atoms with Gasteiger partial charge >= 0.3 is 5.97 Å². The van der Waals surface area contributed by atoms with Gasteiger partial charge in [0.25, 0.3) is 0 Å². The summed E-state index contributed by atoms with van der Waals surface area (Å²) in [5.41, 5.74) is 1.77. The number of imidazole rings is 2. The Kier molecular flexibility index (Phi) is 16.5. The molecule has 0 bridgehead atoms. The van der Waals surface area contributed by atoms with Crippen LogP contribution >= 0.6 is 0 Å². The highest BCUT2D eigenvalue weighted by Crippen LogP contribution is 2.21. The Morgan fingerprint density at radius 1 is 0.776 bits per heavy atom. The number of amides is 6. The fourth-order valence-corrected chi connectivity index (χ4v) is 6.89. The lowest BCUT2D eigenvalue weighted by atomic mass is 9.97. The Bertz CT molecular complexity index is 1840. The summed E-state index contributed by atoms with van der Waals surface area (Å²) < 4.78 is 0. The average molecular weight is 805 g/mol. The molecule has 1 saturated heterocycles. The number of aromatic amines is 2. The summed E-state index contributed by atoms with van der Waals surface area (Å²) in [4.78, 5) is 109. The van der Waals surface area contributed by atoms with Gasteiger partial charge in [-0.3, -0.25) is 28.8 Å². The highest BCUT2D eigenvalue weighted by atomic mass is 16.4. The van der Waals surface area contributed by atoms with E-state index in [1.165, 1.54) is 36.9 Å². The Morgan fingerprint density at radius 2 is 1.34 bits per heavy atom. The molecule has 18 nitrogen and oxygen atoms in total. The molecule has 58 heavy (non-hydrogen) atoms. The Hall–Kier alpha value is -6.07. The Morgan fingerprint density at radius 3 is 1.88 bits per heavy atom. The first-order valence-corrected chi connectivity index (χ1v) is 19.7. The van der Waals surface area contributed by atoms with Crippen LogP contribution in [0.4, 0.5) is 0 Å². The number of benzene rings is 1.